The SMILES string of the molecule is C[C@H](Sc1nnc(-c2cc3ccccc3[nH]2)n1-c1ccccc1)C(=O)Nc1ccc(S(=O)(=O)N2CCCC2)cc1. The number of aromatic nitrogens is 4. The van der Waals surface area contributed by atoms with Crippen LogP contribution in [0, 0.1) is 0 Å². The van der Waals surface area contributed by atoms with Crippen LogP contribution >= 0.6 is 11.8 Å². The van der Waals surface area contributed by atoms with Crippen molar-refractivity contribution in [2.75, 3.05) is 18.4 Å². The topological polar surface area (TPSA) is 113 Å². The summed E-state index contributed by atoms with van der Waals surface area (Å²) in [6.45, 7) is 2.90. The van der Waals surface area contributed by atoms with Crippen LogP contribution in [0.4, 0.5) is 5.69 Å². The number of para-hydroxylation sites is 2. The number of carbonyl (C=O) groups excluding carboxylic acids is 1. The maximum absolute atomic E-state index is 13.1. The van der Waals surface area contributed by atoms with Crippen molar-refractivity contribution < 1.29 is 13.2 Å². The molecule has 40 heavy (non-hydrogen) atoms. The van der Waals surface area contributed by atoms with Gasteiger partial charge in [-0.2, -0.15) is 4.31 Å². The molecule has 11 heteroatoms. The summed E-state index contributed by atoms with van der Waals surface area (Å²) in [7, 11) is -3.51. The second-order valence-corrected chi connectivity index (χ2v) is 12.9. The molecule has 5 aromatic rings. The van der Waals surface area contributed by atoms with E-state index in [-0.39, 0.29) is 10.8 Å². The van der Waals surface area contributed by atoms with Crippen LogP contribution < -0.4 is 5.32 Å². The van der Waals surface area contributed by atoms with Crippen LogP contribution in [-0.4, -0.2) is 56.7 Å². The Kier molecular flexibility index (Phi) is 7.18. The number of nitrogens with zero attached hydrogens (tertiary/aromatic N) is 4. The van der Waals surface area contributed by atoms with Crippen molar-refractivity contribution in [3.63, 3.8) is 0 Å². The molecule has 3 heterocycles. The predicted molar refractivity (Wildman–Crippen MR) is 157 cm³/mol. The first-order valence-corrected chi connectivity index (χ1v) is 15.4. The number of anilines is 1. The third-order valence-corrected chi connectivity index (χ3v) is 9.85. The van der Waals surface area contributed by atoms with Gasteiger partial charge < -0.3 is 10.3 Å². The number of hydrogen-bond acceptors (Lipinski definition) is 6. The minimum atomic E-state index is -3.51. The molecule has 0 saturated carbocycles. The maximum atomic E-state index is 13.1. The van der Waals surface area contributed by atoms with E-state index >= 15 is 0 Å². The van der Waals surface area contributed by atoms with Gasteiger partial charge in [0.15, 0.2) is 11.0 Å². The zero-order chi connectivity index (χ0) is 27.7. The number of amides is 1. The van der Waals surface area contributed by atoms with Crippen LogP contribution in [0.1, 0.15) is 19.8 Å². The van der Waals surface area contributed by atoms with Gasteiger partial charge in [-0.1, -0.05) is 48.2 Å². The Balaban J connectivity index is 1.22. The number of sulfonamides is 1. The van der Waals surface area contributed by atoms with Crippen molar-refractivity contribution in [1.29, 1.82) is 0 Å². The van der Waals surface area contributed by atoms with Crippen LogP contribution in [0.5, 0.6) is 0 Å². The standard InChI is InChI=1S/C29H28N6O3S2/c1-20(28(36)30-22-13-15-24(16-14-22)40(37,38)34-17-7-8-18-34)39-29-33-32-27(35(29)23-10-3-2-4-11-23)26-19-21-9-5-6-12-25(21)31-26/h2-6,9-16,19-20,31H,7-8,17-18H2,1H3,(H,30,36)/t20-/m0/s1. The molecule has 1 amide bonds. The fourth-order valence-electron chi connectivity index (χ4n) is 4.77. The minimum Gasteiger partial charge on any atom is -0.352 e. The molecule has 0 spiro atoms. The zero-order valence-corrected chi connectivity index (χ0v) is 23.5. The summed E-state index contributed by atoms with van der Waals surface area (Å²) in [5.74, 6) is 0.419. The molecule has 0 bridgehead atoms. The quantitative estimate of drug-likeness (QED) is 0.243. The van der Waals surface area contributed by atoms with Crippen LogP contribution in [0.2, 0.25) is 0 Å². The summed E-state index contributed by atoms with van der Waals surface area (Å²) in [6, 6.07) is 26.2. The molecular formula is C29H28N6O3S2. The number of H-pyrrole nitrogens is 1. The molecular weight excluding hydrogens is 544 g/mol. The average molecular weight is 573 g/mol. The van der Waals surface area contributed by atoms with E-state index in [9.17, 15) is 13.2 Å². The first-order chi connectivity index (χ1) is 19.4. The van der Waals surface area contributed by atoms with E-state index in [4.69, 9.17) is 0 Å². The molecule has 0 unspecified atom stereocenters. The fourth-order valence-corrected chi connectivity index (χ4v) is 7.15. The Morgan fingerprint density at radius 3 is 2.38 bits per heavy atom. The van der Waals surface area contributed by atoms with Crippen LogP contribution in [0.3, 0.4) is 0 Å². The molecule has 1 aliphatic rings. The first-order valence-electron chi connectivity index (χ1n) is 13.1. The molecule has 1 aliphatic heterocycles. The number of nitrogens with one attached hydrogen (secondary N) is 2. The van der Waals surface area contributed by atoms with E-state index in [1.807, 2.05) is 65.2 Å². The number of rotatable bonds is 8. The molecule has 1 saturated heterocycles. The Morgan fingerprint density at radius 2 is 1.65 bits per heavy atom. The van der Waals surface area contributed by atoms with Crippen LogP contribution in [-0.2, 0) is 14.8 Å². The van der Waals surface area contributed by atoms with E-state index < -0.39 is 15.3 Å². The number of benzene rings is 3. The lowest BCUT2D eigenvalue weighted by Gasteiger charge is -2.16. The molecule has 0 radical (unpaired) electrons. The molecule has 1 fully saturated rings. The van der Waals surface area contributed by atoms with E-state index in [0.29, 0.717) is 29.8 Å². The van der Waals surface area contributed by atoms with Gasteiger partial charge in [-0.25, -0.2) is 8.42 Å². The van der Waals surface area contributed by atoms with Gasteiger partial charge in [0, 0.05) is 35.4 Å². The Labute approximate surface area is 236 Å². The highest BCUT2D eigenvalue weighted by Gasteiger charge is 2.27. The smallest absolute Gasteiger partial charge is 0.243 e. The average Bonchev–Trinajstić information content (AvgIpc) is 3.74. The zero-order valence-electron chi connectivity index (χ0n) is 21.8. The molecule has 6 rings (SSSR count). The lowest BCUT2D eigenvalue weighted by Crippen LogP contribution is -2.27. The molecule has 2 N–H and O–H groups in total. The second-order valence-electron chi connectivity index (χ2n) is 9.63. The number of thioether (sulfide) groups is 1. The molecule has 9 nitrogen and oxygen atoms in total. The van der Waals surface area contributed by atoms with Gasteiger partial charge in [0.05, 0.1) is 15.8 Å². The lowest BCUT2D eigenvalue weighted by molar-refractivity contribution is -0.115. The second kappa shape index (κ2) is 10.9. The molecule has 204 valence electrons. The third kappa shape index (κ3) is 5.15. The maximum Gasteiger partial charge on any atom is 0.243 e. The molecule has 3 aromatic carbocycles. The van der Waals surface area contributed by atoms with Crippen molar-refractivity contribution in [2.45, 2.75) is 35.1 Å². The van der Waals surface area contributed by atoms with E-state index in [1.165, 1.54) is 16.1 Å². The van der Waals surface area contributed by atoms with E-state index in [1.54, 1.807) is 31.2 Å². The summed E-state index contributed by atoms with van der Waals surface area (Å²) >= 11 is 1.30. The van der Waals surface area contributed by atoms with Crippen LogP contribution in [0.15, 0.2) is 95.0 Å². The van der Waals surface area contributed by atoms with Crippen molar-refractivity contribution in [1.82, 2.24) is 24.1 Å². The predicted octanol–water partition coefficient (Wildman–Crippen LogP) is 5.32. The molecule has 2 aromatic heterocycles. The summed E-state index contributed by atoms with van der Waals surface area (Å²) in [5.41, 5.74) is 3.24. The van der Waals surface area contributed by atoms with Crippen molar-refractivity contribution in [3.05, 3.63) is 84.9 Å². The number of carbonyl (C=O) groups is 1. The largest absolute Gasteiger partial charge is 0.352 e. The van der Waals surface area contributed by atoms with Gasteiger partial charge in [0.2, 0.25) is 15.9 Å². The molecule has 0 aliphatic carbocycles. The summed E-state index contributed by atoms with van der Waals surface area (Å²) < 4.78 is 29.1. The fraction of sp³-hybridized carbons (Fsp3) is 0.207. The van der Waals surface area contributed by atoms with Gasteiger partial charge in [-0.3, -0.25) is 9.36 Å². The summed E-state index contributed by atoms with van der Waals surface area (Å²) in [5, 5.41) is 13.0. The number of fused-ring (bicyclic) bond motifs is 1. The van der Waals surface area contributed by atoms with Gasteiger partial charge in [-0.15, -0.1) is 10.2 Å². The highest BCUT2D eigenvalue weighted by molar-refractivity contribution is 8.00. The molecule has 1 atom stereocenters. The lowest BCUT2D eigenvalue weighted by atomic mass is 10.2. The highest BCUT2D eigenvalue weighted by Crippen LogP contribution is 2.32. The van der Waals surface area contributed by atoms with Gasteiger partial charge in [0.1, 0.15) is 0 Å². The van der Waals surface area contributed by atoms with Crippen molar-refractivity contribution in [3.8, 4) is 17.2 Å². The van der Waals surface area contributed by atoms with Gasteiger partial charge in [0.25, 0.3) is 0 Å². The normalized spacial score (nSPS) is 14.9. The monoisotopic (exact) mass is 572 g/mol. The minimum absolute atomic E-state index is 0.227. The van der Waals surface area contributed by atoms with Crippen LogP contribution in [0.25, 0.3) is 28.1 Å². The third-order valence-electron chi connectivity index (χ3n) is 6.89. The van der Waals surface area contributed by atoms with E-state index in [2.05, 4.69) is 20.5 Å². The highest BCUT2D eigenvalue weighted by atomic mass is 32.2. The number of aromatic amines is 1. The Hall–Kier alpha value is -3.93. The van der Waals surface area contributed by atoms with Gasteiger partial charge in [-0.05, 0) is 68.3 Å². The summed E-state index contributed by atoms with van der Waals surface area (Å²) in [4.78, 5) is 16.8. The Morgan fingerprint density at radius 1 is 0.950 bits per heavy atom. The number of hydrogen-bond donors (Lipinski definition) is 2. The van der Waals surface area contributed by atoms with Crippen molar-refractivity contribution >= 4 is 44.3 Å². The Bertz CT molecular complexity index is 1730. The summed E-state index contributed by atoms with van der Waals surface area (Å²) in [6.07, 6.45) is 1.76. The van der Waals surface area contributed by atoms with Gasteiger partial charge >= 0.3 is 0 Å². The van der Waals surface area contributed by atoms with Crippen molar-refractivity contribution in [2.24, 2.45) is 0 Å². The van der Waals surface area contributed by atoms with E-state index in [0.717, 1.165) is 35.1 Å². The first kappa shape index (κ1) is 26.3.